The van der Waals surface area contributed by atoms with E-state index in [0.29, 0.717) is 6.54 Å². The van der Waals surface area contributed by atoms with Crippen LogP contribution in [0.15, 0.2) is 39.8 Å². The van der Waals surface area contributed by atoms with E-state index in [4.69, 9.17) is 0 Å². The number of aliphatic hydroxyl groups is 1. The third-order valence-corrected chi connectivity index (χ3v) is 3.33. The summed E-state index contributed by atoms with van der Waals surface area (Å²) in [6, 6.07) is 5.67. The molecule has 1 N–H and O–H groups in total. The van der Waals surface area contributed by atoms with E-state index < -0.39 is 6.10 Å². The molecule has 6 heteroatoms. The Morgan fingerprint density at radius 3 is 2.81 bits per heavy atom. The Labute approximate surface area is 110 Å². The average molecular weight is 347 g/mol. The third-order valence-electron chi connectivity index (χ3n) is 2.15. The van der Waals surface area contributed by atoms with Crippen LogP contribution in [-0.2, 0) is 6.54 Å². The molecule has 1 atom stereocenters. The lowest BCUT2D eigenvalue weighted by molar-refractivity contribution is 0.150. The Morgan fingerprint density at radius 2 is 2.19 bits per heavy atom. The maximum Gasteiger partial charge on any atom is 0.137 e. The summed E-state index contributed by atoms with van der Waals surface area (Å²) >= 11 is 6.78. The second-order valence-corrected chi connectivity index (χ2v) is 5.07. The van der Waals surface area contributed by atoms with Gasteiger partial charge in [0.05, 0.1) is 12.6 Å². The van der Waals surface area contributed by atoms with Crippen LogP contribution in [0.2, 0.25) is 0 Å². The third kappa shape index (κ3) is 2.69. The van der Waals surface area contributed by atoms with Crippen LogP contribution in [0.25, 0.3) is 0 Å². The second-order valence-electron chi connectivity index (χ2n) is 3.30. The zero-order chi connectivity index (χ0) is 11.5. The van der Waals surface area contributed by atoms with Crippen molar-refractivity contribution in [3.05, 3.63) is 45.4 Å². The Morgan fingerprint density at radius 1 is 1.38 bits per heavy atom. The number of aromatic nitrogens is 3. The van der Waals surface area contributed by atoms with Gasteiger partial charge < -0.3 is 5.11 Å². The van der Waals surface area contributed by atoms with Crippen molar-refractivity contribution in [1.82, 2.24) is 14.8 Å². The van der Waals surface area contributed by atoms with Crippen LogP contribution in [0.3, 0.4) is 0 Å². The highest BCUT2D eigenvalue weighted by atomic mass is 79.9. The van der Waals surface area contributed by atoms with Crippen molar-refractivity contribution in [1.29, 1.82) is 0 Å². The predicted octanol–water partition coefficient (Wildman–Crippen LogP) is 2.54. The van der Waals surface area contributed by atoms with Crippen LogP contribution in [0.5, 0.6) is 0 Å². The van der Waals surface area contributed by atoms with Gasteiger partial charge in [-0.3, -0.25) is 4.68 Å². The van der Waals surface area contributed by atoms with Crippen molar-refractivity contribution in [2.24, 2.45) is 0 Å². The van der Waals surface area contributed by atoms with E-state index in [2.05, 4.69) is 41.9 Å². The summed E-state index contributed by atoms with van der Waals surface area (Å²) in [5.74, 6) is 0. The van der Waals surface area contributed by atoms with Gasteiger partial charge in [-0.2, -0.15) is 5.10 Å². The van der Waals surface area contributed by atoms with Crippen molar-refractivity contribution in [3.8, 4) is 0 Å². The molecule has 2 rings (SSSR count). The normalized spacial score (nSPS) is 12.7. The first-order valence-corrected chi connectivity index (χ1v) is 6.21. The zero-order valence-electron chi connectivity index (χ0n) is 8.22. The first-order chi connectivity index (χ1) is 7.66. The second kappa shape index (κ2) is 5.07. The number of hydrogen-bond acceptors (Lipinski definition) is 3. The fourth-order valence-electron chi connectivity index (χ4n) is 1.37. The minimum atomic E-state index is -0.607. The van der Waals surface area contributed by atoms with E-state index in [0.717, 1.165) is 14.5 Å². The molecule has 1 unspecified atom stereocenters. The Bertz CT molecular complexity index is 473. The van der Waals surface area contributed by atoms with E-state index >= 15 is 0 Å². The molecule has 4 nitrogen and oxygen atoms in total. The molecule has 0 saturated carbocycles. The molecule has 0 amide bonds. The van der Waals surface area contributed by atoms with Crippen molar-refractivity contribution in [2.75, 3.05) is 0 Å². The molecule has 0 aliphatic rings. The maximum atomic E-state index is 10.0. The van der Waals surface area contributed by atoms with Gasteiger partial charge in [0.2, 0.25) is 0 Å². The Kier molecular flexibility index (Phi) is 3.73. The van der Waals surface area contributed by atoms with Crippen LogP contribution in [0.4, 0.5) is 0 Å². The van der Waals surface area contributed by atoms with E-state index in [1.165, 1.54) is 6.33 Å². The van der Waals surface area contributed by atoms with Gasteiger partial charge in [0.15, 0.2) is 0 Å². The van der Waals surface area contributed by atoms with Gasteiger partial charge in [-0.25, -0.2) is 4.98 Å². The molecule has 0 radical (unpaired) electrons. The lowest BCUT2D eigenvalue weighted by Gasteiger charge is -2.12. The summed E-state index contributed by atoms with van der Waals surface area (Å²) in [5.41, 5.74) is 0.832. The quantitative estimate of drug-likeness (QED) is 0.929. The van der Waals surface area contributed by atoms with E-state index in [-0.39, 0.29) is 0 Å². The summed E-state index contributed by atoms with van der Waals surface area (Å²) in [6.45, 7) is 0.389. The van der Waals surface area contributed by atoms with Crippen molar-refractivity contribution in [3.63, 3.8) is 0 Å². The van der Waals surface area contributed by atoms with Gasteiger partial charge >= 0.3 is 0 Å². The van der Waals surface area contributed by atoms with Crippen LogP contribution in [-0.4, -0.2) is 19.9 Å². The van der Waals surface area contributed by atoms with Crippen LogP contribution in [0, 0.1) is 0 Å². The average Bonchev–Trinajstić information content (AvgIpc) is 2.70. The molecule has 0 bridgehead atoms. The molecule has 1 aromatic heterocycles. The number of nitrogens with zero attached hydrogens (tertiary/aromatic N) is 3. The van der Waals surface area contributed by atoms with E-state index in [1.54, 1.807) is 11.0 Å². The minimum absolute atomic E-state index is 0.389. The topological polar surface area (TPSA) is 50.9 Å². The highest BCUT2D eigenvalue weighted by Gasteiger charge is 2.12. The molecule has 0 saturated heterocycles. The molecule has 1 heterocycles. The smallest absolute Gasteiger partial charge is 0.137 e. The largest absolute Gasteiger partial charge is 0.386 e. The molecule has 16 heavy (non-hydrogen) atoms. The van der Waals surface area contributed by atoms with Gasteiger partial charge in [-0.05, 0) is 17.7 Å². The SMILES string of the molecule is OC(Cn1cncn1)c1ccc(Br)cc1Br. The molecular weight excluding hydrogens is 338 g/mol. The minimum Gasteiger partial charge on any atom is -0.386 e. The van der Waals surface area contributed by atoms with Crippen molar-refractivity contribution >= 4 is 31.9 Å². The van der Waals surface area contributed by atoms with Gasteiger partial charge in [-0.1, -0.05) is 37.9 Å². The van der Waals surface area contributed by atoms with Gasteiger partial charge in [0, 0.05) is 8.95 Å². The molecule has 2 aromatic rings. The van der Waals surface area contributed by atoms with Gasteiger partial charge in [-0.15, -0.1) is 0 Å². The van der Waals surface area contributed by atoms with Gasteiger partial charge in [0.1, 0.15) is 12.7 Å². The highest BCUT2D eigenvalue weighted by Crippen LogP contribution is 2.27. The molecule has 1 aromatic carbocycles. The summed E-state index contributed by atoms with van der Waals surface area (Å²) in [6.07, 6.45) is 2.42. The Balaban J connectivity index is 2.17. The van der Waals surface area contributed by atoms with Crippen LogP contribution >= 0.6 is 31.9 Å². The van der Waals surface area contributed by atoms with Gasteiger partial charge in [0.25, 0.3) is 0 Å². The lowest BCUT2D eigenvalue weighted by Crippen LogP contribution is -2.09. The number of rotatable bonds is 3. The fourth-order valence-corrected chi connectivity index (χ4v) is 2.69. The van der Waals surface area contributed by atoms with Crippen LogP contribution in [0.1, 0.15) is 11.7 Å². The van der Waals surface area contributed by atoms with Crippen molar-refractivity contribution < 1.29 is 5.11 Å². The highest BCUT2D eigenvalue weighted by molar-refractivity contribution is 9.11. The first kappa shape index (κ1) is 11.8. The molecular formula is C10H9Br2N3O. The number of hydrogen-bond donors (Lipinski definition) is 1. The van der Waals surface area contributed by atoms with Crippen LogP contribution < -0.4 is 0 Å². The first-order valence-electron chi connectivity index (χ1n) is 4.62. The fraction of sp³-hybridized carbons (Fsp3) is 0.200. The molecule has 0 spiro atoms. The summed E-state index contributed by atoms with van der Waals surface area (Å²) < 4.78 is 3.43. The summed E-state index contributed by atoms with van der Waals surface area (Å²) in [5, 5.41) is 14.0. The van der Waals surface area contributed by atoms with E-state index in [9.17, 15) is 5.11 Å². The number of halogens is 2. The maximum absolute atomic E-state index is 10.0. The lowest BCUT2D eigenvalue weighted by atomic mass is 10.1. The number of benzene rings is 1. The Hall–Kier alpha value is -0.720. The molecule has 0 fully saturated rings. The summed E-state index contributed by atoms with van der Waals surface area (Å²) in [7, 11) is 0. The number of aliphatic hydroxyl groups excluding tert-OH is 1. The molecule has 0 aliphatic heterocycles. The molecule has 84 valence electrons. The standard InChI is InChI=1S/C10H9Br2N3O/c11-7-1-2-8(9(12)3-7)10(16)4-15-6-13-5-14-15/h1-3,5-6,10,16H,4H2. The predicted molar refractivity (Wildman–Crippen MR) is 66.8 cm³/mol. The summed E-state index contributed by atoms with van der Waals surface area (Å²) in [4.78, 5) is 3.83. The van der Waals surface area contributed by atoms with E-state index in [1.807, 2.05) is 18.2 Å². The zero-order valence-corrected chi connectivity index (χ0v) is 11.4. The molecule has 0 aliphatic carbocycles. The monoisotopic (exact) mass is 345 g/mol. The van der Waals surface area contributed by atoms with Crippen molar-refractivity contribution in [2.45, 2.75) is 12.6 Å².